The number of hydrogen-bond donors (Lipinski definition) is 2. The molecule has 0 unspecified atom stereocenters. The predicted octanol–water partition coefficient (Wildman–Crippen LogP) is 1.83. The molecule has 0 aliphatic rings. The molecule has 0 spiro atoms. The molecule has 0 aliphatic carbocycles. The first-order chi connectivity index (χ1) is 13.3. The quantitative estimate of drug-likeness (QED) is 0.634. The summed E-state index contributed by atoms with van der Waals surface area (Å²) >= 11 is 6.03. The maximum absolute atomic E-state index is 12.4. The number of H-pyrrole nitrogens is 1. The van der Waals surface area contributed by atoms with Crippen molar-refractivity contribution in [3.05, 3.63) is 73.8 Å². The molecule has 1 heterocycles. The molecule has 0 atom stereocenters. The highest BCUT2D eigenvalue weighted by Crippen LogP contribution is 2.22. The second-order valence-corrected chi connectivity index (χ2v) is 6.48. The molecule has 0 radical (unpaired) electrons. The van der Waals surface area contributed by atoms with Crippen molar-refractivity contribution in [2.24, 2.45) is 0 Å². The molecule has 3 rings (SSSR count). The summed E-state index contributed by atoms with van der Waals surface area (Å²) in [6.07, 6.45) is 0. The third-order valence-corrected chi connectivity index (χ3v) is 4.25. The van der Waals surface area contributed by atoms with E-state index in [2.05, 4.69) is 10.4 Å². The molecule has 28 heavy (non-hydrogen) atoms. The van der Waals surface area contributed by atoms with Gasteiger partial charge in [0.1, 0.15) is 6.54 Å². The number of aryl methyl sites for hydroxylation is 1. The van der Waals surface area contributed by atoms with Gasteiger partial charge in [-0.05, 0) is 36.8 Å². The number of aromatic nitrogens is 2. The lowest BCUT2D eigenvalue weighted by Gasteiger charge is -2.09. The Morgan fingerprint density at radius 1 is 1.14 bits per heavy atom. The Balaban J connectivity index is 1.64. The van der Waals surface area contributed by atoms with Crippen LogP contribution in [0.15, 0.2) is 52.1 Å². The molecular weight excluding hydrogens is 386 g/mol. The van der Waals surface area contributed by atoms with Gasteiger partial charge in [0.2, 0.25) is 0 Å². The van der Waals surface area contributed by atoms with Crippen molar-refractivity contribution >= 4 is 39.9 Å². The zero-order valence-electron chi connectivity index (χ0n) is 14.8. The van der Waals surface area contributed by atoms with E-state index in [9.17, 15) is 19.2 Å². The average Bonchev–Trinajstić information content (AvgIpc) is 2.66. The van der Waals surface area contributed by atoms with Crippen LogP contribution in [0.1, 0.15) is 5.56 Å². The van der Waals surface area contributed by atoms with Gasteiger partial charge in [0.15, 0.2) is 6.61 Å². The summed E-state index contributed by atoms with van der Waals surface area (Å²) in [5, 5.41) is 5.62. The van der Waals surface area contributed by atoms with Crippen molar-refractivity contribution in [1.29, 1.82) is 0 Å². The molecule has 0 saturated carbocycles. The van der Waals surface area contributed by atoms with Crippen LogP contribution in [0.5, 0.6) is 0 Å². The normalized spacial score (nSPS) is 10.6. The minimum atomic E-state index is -0.849. The van der Waals surface area contributed by atoms with Gasteiger partial charge in [-0.2, -0.15) is 0 Å². The van der Waals surface area contributed by atoms with Gasteiger partial charge in [0.25, 0.3) is 17.0 Å². The monoisotopic (exact) mass is 401 g/mol. The van der Waals surface area contributed by atoms with Crippen LogP contribution in [0.4, 0.5) is 5.69 Å². The number of nitrogens with zero attached hydrogens (tertiary/aromatic N) is 1. The molecule has 3 aromatic rings. The van der Waals surface area contributed by atoms with E-state index >= 15 is 0 Å². The van der Waals surface area contributed by atoms with Gasteiger partial charge in [0.05, 0.1) is 21.5 Å². The van der Waals surface area contributed by atoms with Crippen LogP contribution < -0.4 is 16.4 Å². The number of esters is 1. The van der Waals surface area contributed by atoms with Crippen LogP contribution in [0.25, 0.3) is 10.8 Å². The lowest BCUT2D eigenvalue weighted by atomic mass is 10.2. The molecule has 8 nitrogen and oxygen atoms in total. The number of aromatic amines is 1. The summed E-state index contributed by atoms with van der Waals surface area (Å²) in [5.41, 5.74) is 0.283. The Bertz CT molecular complexity index is 1180. The molecule has 0 saturated heterocycles. The van der Waals surface area contributed by atoms with E-state index in [-0.39, 0.29) is 10.8 Å². The Morgan fingerprint density at radius 2 is 1.86 bits per heavy atom. The van der Waals surface area contributed by atoms with E-state index in [0.717, 1.165) is 10.2 Å². The average molecular weight is 402 g/mol. The largest absolute Gasteiger partial charge is 0.454 e. The SMILES string of the molecule is Cc1ccc(NC(=O)COC(=O)Cn2[nH]c(=O)c3ccccc3c2=O)c(Cl)c1. The lowest BCUT2D eigenvalue weighted by Crippen LogP contribution is -2.33. The lowest BCUT2D eigenvalue weighted by molar-refractivity contribution is -0.148. The fraction of sp³-hybridized carbons (Fsp3) is 0.158. The fourth-order valence-corrected chi connectivity index (χ4v) is 2.87. The van der Waals surface area contributed by atoms with Crippen LogP contribution in [0.2, 0.25) is 5.02 Å². The molecule has 0 bridgehead atoms. The van der Waals surface area contributed by atoms with Gasteiger partial charge in [-0.25, -0.2) is 4.68 Å². The van der Waals surface area contributed by atoms with Gasteiger partial charge in [0, 0.05) is 0 Å². The molecule has 0 aliphatic heterocycles. The van der Waals surface area contributed by atoms with E-state index in [4.69, 9.17) is 16.3 Å². The molecule has 1 aromatic heterocycles. The van der Waals surface area contributed by atoms with Crippen molar-refractivity contribution in [2.75, 3.05) is 11.9 Å². The van der Waals surface area contributed by atoms with E-state index in [1.54, 1.807) is 30.3 Å². The second kappa shape index (κ2) is 8.10. The first kappa shape index (κ1) is 19.4. The molecule has 2 aromatic carbocycles. The third-order valence-electron chi connectivity index (χ3n) is 3.93. The summed E-state index contributed by atoms with van der Waals surface area (Å²) in [5.74, 6) is -1.43. The number of carbonyl (C=O) groups is 2. The molecular formula is C19H16ClN3O5. The third kappa shape index (κ3) is 4.29. The molecule has 2 N–H and O–H groups in total. The summed E-state index contributed by atoms with van der Waals surface area (Å²) in [7, 11) is 0. The number of anilines is 1. The minimum absolute atomic E-state index is 0.186. The number of amides is 1. The highest BCUT2D eigenvalue weighted by Gasteiger charge is 2.13. The zero-order chi connectivity index (χ0) is 20.3. The number of hydrogen-bond acceptors (Lipinski definition) is 5. The van der Waals surface area contributed by atoms with Crippen LogP contribution in [-0.2, 0) is 20.9 Å². The topological polar surface area (TPSA) is 110 Å². The number of nitrogens with one attached hydrogen (secondary N) is 2. The van der Waals surface area contributed by atoms with Crippen molar-refractivity contribution in [3.8, 4) is 0 Å². The molecule has 1 amide bonds. The summed E-state index contributed by atoms with van der Waals surface area (Å²) in [6.45, 7) is 0.769. The van der Waals surface area contributed by atoms with E-state index in [0.29, 0.717) is 10.7 Å². The standard InChI is InChI=1S/C19H16ClN3O5/c1-11-6-7-15(14(20)8-11)21-16(24)10-28-17(25)9-23-19(27)13-5-3-2-4-12(13)18(26)22-23/h2-8H,9-10H2,1H3,(H,21,24)(H,22,26). The highest BCUT2D eigenvalue weighted by atomic mass is 35.5. The van der Waals surface area contributed by atoms with E-state index in [1.165, 1.54) is 12.1 Å². The van der Waals surface area contributed by atoms with Crippen molar-refractivity contribution < 1.29 is 14.3 Å². The van der Waals surface area contributed by atoms with Crippen LogP contribution >= 0.6 is 11.6 Å². The van der Waals surface area contributed by atoms with Gasteiger partial charge < -0.3 is 10.1 Å². The Hall–Kier alpha value is -3.39. The zero-order valence-corrected chi connectivity index (χ0v) is 15.6. The summed E-state index contributed by atoms with van der Waals surface area (Å²) < 4.78 is 5.72. The number of halogens is 1. The maximum atomic E-state index is 12.4. The Labute approximate surface area is 163 Å². The summed E-state index contributed by atoms with van der Waals surface area (Å²) in [4.78, 5) is 48.3. The van der Waals surface area contributed by atoms with Gasteiger partial charge in [-0.1, -0.05) is 29.8 Å². The molecule has 144 valence electrons. The molecule has 0 fully saturated rings. The number of fused-ring (bicyclic) bond motifs is 1. The second-order valence-electron chi connectivity index (χ2n) is 6.07. The Morgan fingerprint density at radius 3 is 2.57 bits per heavy atom. The minimum Gasteiger partial charge on any atom is -0.454 e. The Kier molecular flexibility index (Phi) is 5.60. The predicted molar refractivity (Wildman–Crippen MR) is 105 cm³/mol. The van der Waals surface area contributed by atoms with Gasteiger partial charge in [-0.3, -0.25) is 24.3 Å². The van der Waals surface area contributed by atoms with Crippen LogP contribution in [0.3, 0.4) is 0 Å². The number of benzene rings is 2. The number of ether oxygens (including phenoxy) is 1. The highest BCUT2D eigenvalue weighted by molar-refractivity contribution is 6.33. The maximum Gasteiger partial charge on any atom is 0.328 e. The smallest absolute Gasteiger partial charge is 0.328 e. The van der Waals surface area contributed by atoms with Crippen LogP contribution in [-0.4, -0.2) is 28.3 Å². The summed E-state index contributed by atoms with van der Waals surface area (Å²) in [6, 6.07) is 11.4. The van der Waals surface area contributed by atoms with Gasteiger partial charge >= 0.3 is 5.97 Å². The number of carbonyl (C=O) groups excluding carboxylic acids is 2. The van der Waals surface area contributed by atoms with E-state index < -0.39 is 36.1 Å². The van der Waals surface area contributed by atoms with Crippen molar-refractivity contribution in [2.45, 2.75) is 13.5 Å². The fourth-order valence-electron chi connectivity index (χ4n) is 2.59. The van der Waals surface area contributed by atoms with Crippen molar-refractivity contribution in [1.82, 2.24) is 9.78 Å². The first-order valence-corrected chi connectivity index (χ1v) is 8.66. The first-order valence-electron chi connectivity index (χ1n) is 8.28. The van der Waals surface area contributed by atoms with E-state index in [1.807, 2.05) is 6.92 Å². The van der Waals surface area contributed by atoms with Crippen LogP contribution in [0, 0.1) is 6.92 Å². The van der Waals surface area contributed by atoms with Crippen molar-refractivity contribution in [3.63, 3.8) is 0 Å². The van der Waals surface area contributed by atoms with Gasteiger partial charge in [-0.15, -0.1) is 0 Å². The molecule has 9 heteroatoms. The number of rotatable bonds is 5.